The van der Waals surface area contributed by atoms with E-state index in [1.807, 2.05) is 12.3 Å². The van der Waals surface area contributed by atoms with E-state index in [1.165, 1.54) is 5.56 Å². The standard InChI is InChI=1S/C15H16N4S/c1-2-17-12-5-6-13-14(8-12)19-15(18-13)20-10-11-4-3-7-16-9-11/h3-9,17H,2,10H2,1H3,(H,18,19). The molecule has 2 heterocycles. The summed E-state index contributed by atoms with van der Waals surface area (Å²) in [5, 5.41) is 4.24. The second-order valence-electron chi connectivity index (χ2n) is 4.45. The zero-order chi connectivity index (χ0) is 13.8. The molecular weight excluding hydrogens is 268 g/mol. The second-order valence-corrected chi connectivity index (χ2v) is 5.42. The zero-order valence-electron chi connectivity index (χ0n) is 11.3. The average Bonchev–Trinajstić information content (AvgIpc) is 2.89. The molecule has 0 saturated carbocycles. The van der Waals surface area contributed by atoms with Crippen molar-refractivity contribution in [1.29, 1.82) is 0 Å². The van der Waals surface area contributed by atoms with E-state index in [0.717, 1.165) is 34.2 Å². The minimum absolute atomic E-state index is 0.869. The molecule has 2 aromatic heterocycles. The number of aromatic amines is 1. The molecule has 5 heteroatoms. The Labute approximate surface area is 122 Å². The van der Waals surface area contributed by atoms with E-state index in [9.17, 15) is 0 Å². The molecule has 4 nitrogen and oxygen atoms in total. The van der Waals surface area contributed by atoms with Crippen LogP contribution >= 0.6 is 11.8 Å². The first-order chi connectivity index (χ1) is 9.85. The first kappa shape index (κ1) is 13.0. The molecule has 0 atom stereocenters. The summed E-state index contributed by atoms with van der Waals surface area (Å²) in [5.74, 6) is 0.869. The highest BCUT2D eigenvalue weighted by atomic mass is 32.2. The van der Waals surface area contributed by atoms with Crippen molar-refractivity contribution in [3.63, 3.8) is 0 Å². The Hall–Kier alpha value is -2.01. The maximum atomic E-state index is 4.62. The molecule has 0 unspecified atom stereocenters. The summed E-state index contributed by atoms with van der Waals surface area (Å²) in [6.45, 7) is 3.00. The van der Waals surface area contributed by atoms with Crippen LogP contribution in [0.4, 0.5) is 5.69 Å². The van der Waals surface area contributed by atoms with Crippen molar-refractivity contribution in [3.8, 4) is 0 Å². The first-order valence-electron chi connectivity index (χ1n) is 6.60. The summed E-state index contributed by atoms with van der Waals surface area (Å²) in [7, 11) is 0. The van der Waals surface area contributed by atoms with Crippen LogP contribution in [0.1, 0.15) is 12.5 Å². The summed E-state index contributed by atoms with van der Waals surface area (Å²) < 4.78 is 0. The molecule has 0 spiro atoms. The van der Waals surface area contributed by atoms with Crippen LogP contribution in [0.2, 0.25) is 0 Å². The molecule has 2 N–H and O–H groups in total. The van der Waals surface area contributed by atoms with Crippen LogP contribution < -0.4 is 5.32 Å². The molecule has 102 valence electrons. The van der Waals surface area contributed by atoms with Crippen molar-refractivity contribution >= 4 is 28.5 Å². The SMILES string of the molecule is CCNc1ccc2[nH]c(SCc3cccnc3)nc2c1. The minimum atomic E-state index is 0.869. The van der Waals surface area contributed by atoms with Crippen molar-refractivity contribution in [2.75, 3.05) is 11.9 Å². The molecule has 0 aliphatic heterocycles. The maximum Gasteiger partial charge on any atom is 0.166 e. The molecule has 20 heavy (non-hydrogen) atoms. The molecule has 0 aliphatic rings. The van der Waals surface area contributed by atoms with Gasteiger partial charge in [0.15, 0.2) is 5.16 Å². The molecule has 0 bridgehead atoms. The van der Waals surface area contributed by atoms with Gasteiger partial charge in [-0.15, -0.1) is 0 Å². The normalized spacial score (nSPS) is 10.8. The van der Waals surface area contributed by atoms with E-state index in [2.05, 4.69) is 51.5 Å². The van der Waals surface area contributed by atoms with Crippen molar-refractivity contribution in [2.45, 2.75) is 17.8 Å². The van der Waals surface area contributed by atoms with Gasteiger partial charge in [0.2, 0.25) is 0 Å². The minimum Gasteiger partial charge on any atom is -0.385 e. The molecule has 0 radical (unpaired) electrons. The first-order valence-corrected chi connectivity index (χ1v) is 7.59. The number of hydrogen-bond acceptors (Lipinski definition) is 4. The highest BCUT2D eigenvalue weighted by Gasteiger charge is 2.04. The maximum absolute atomic E-state index is 4.62. The topological polar surface area (TPSA) is 53.6 Å². The van der Waals surface area contributed by atoms with E-state index in [0.29, 0.717) is 0 Å². The molecule has 0 amide bonds. The Bertz CT molecular complexity index is 693. The van der Waals surface area contributed by atoms with Crippen LogP contribution in [0.5, 0.6) is 0 Å². The third-order valence-corrected chi connectivity index (χ3v) is 3.89. The number of hydrogen-bond donors (Lipinski definition) is 2. The van der Waals surface area contributed by atoms with Crippen LogP contribution in [-0.2, 0) is 5.75 Å². The fourth-order valence-corrected chi connectivity index (χ4v) is 2.82. The summed E-state index contributed by atoms with van der Waals surface area (Å²) in [5.41, 5.74) is 4.37. The molecule has 3 aromatic rings. The average molecular weight is 284 g/mol. The highest BCUT2D eigenvalue weighted by molar-refractivity contribution is 7.98. The summed E-state index contributed by atoms with van der Waals surface area (Å²) in [6.07, 6.45) is 3.68. The lowest BCUT2D eigenvalue weighted by Gasteiger charge is -2.00. The van der Waals surface area contributed by atoms with E-state index in [4.69, 9.17) is 0 Å². The summed E-state index contributed by atoms with van der Waals surface area (Å²) in [6, 6.07) is 10.2. The van der Waals surface area contributed by atoms with Gasteiger partial charge in [-0.1, -0.05) is 17.8 Å². The van der Waals surface area contributed by atoms with Gasteiger partial charge in [-0.3, -0.25) is 4.98 Å². The van der Waals surface area contributed by atoms with Crippen LogP contribution in [-0.4, -0.2) is 21.5 Å². The predicted octanol–water partition coefficient (Wildman–Crippen LogP) is 3.68. The number of H-pyrrole nitrogens is 1. The van der Waals surface area contributed by atoms with Crippen molar-refractivity contribution in [3.05, 3.63) is 48.3 Å². The van der Waals surface area contributed by atoms with Crippen LogP contribution in [0.3, 0.4) is 0 Å². The monoisotopic (exact) mass is 284 g/mol. The highest BCUT2D eigenvalue weighted by Crippen LogP contribution is 2.24. The van der Waals surface area contributed by atoms with Gasteiger partial charge in [-0.05, 0) is 36.8 Å². The van der Waals surface area contributed by atoms with Gasteiger partial charge in [-0.2, -0.15) is 0 Å². The molecule has 0 aliphatic carbocycles. The number of imidazole rings is 1. The Kier molecular flexibility index (Phi) is 3.87. The lowest BCUT2D eigenvalue weighted by atomic mass is 10.3. The lowest BCUT2D eigenvalue weighted by Crippen LogP contribution is -1.95. The van der Waals surface area contributed by atoms with Gasteiger partial charge in [0.05, 0.1) is 11.0 Å². The quantitative estimate of drug-likeness (QED) is 0.702. The van der Waals surface area contributed by atoms with E-state index in [-0.39, 0.29) is 0 Å². The van der Waals surface area contributed by atoms with Gasteiger partial charge in [0, 0.05) is 30.4 Å². The van der Waals surface area contributed by atoms with Gasteiger partial charge in [-0.25, -0.2) is 4.98 Å². The van der Waals surface area contributed by atoms with Gasteiger partial charge in [0.1, 0.15) is 0 Å². The predicted molar refractivity (Wildman–Crippen MR) is 84.1 cm³/mol. The zero-order valence-corrected chi connectivity index (χ0v) is 12.1. The number of aromatic nitrogens is 3. The number of nitrogens with zero attached hydrogens (tertiary/aromatic N) is 2. The third kappa shape index (κ3) is 2.93. The molecular formula is C15H16N4S. The second kappa shape index (κ2) is 5.96. The number of benzene rings is 1. The Balaban J connectivity index is 1.75. The third-order valence-electron chi connectivity index (χ3n) is 2.94. The van der Waals surface area contributed by atoms with Gasteiger partial charge in [0.25, 0.3) is 0 Å². The summed E-state index contributed by atoms with van der Waals surface area (Å²) >= 11 is 1.69. The van der Waals surface area contributed by atoms with Gasteiger partial charge >= 0.3 is 0 Å². The van der Waals surface area contributed by atoms with Crippen molar-refractivity contribution in [2.24, 2.45) is 0 Å². The smallest absolute Gasteiger partial charge is 0.166 e. The molecule has 3 rings (SSSR count). The Morgan fingerprint density at radius 2 is 2.25 bits per heavy atom. The number of pyridine rings is 1. The number of nitrogens with one attached hydrogen (secondary N) is 2. The number of anilines is 1. The summed E-state index contributed by atoms with van der Waals surface area (Å²) in [4.78, 5) is 12.1. The Morgan fingerprint density at radius 1 is 1.30 bits per heavy atom. The van der Waals surface area contributed by atoms with Crippen LogP contribution in [0.25, 0.3) is 11.0 Å². The van der Waals surface area contributed by atoms with Crippen LogP contribution in [0.15, 0.2) is 47.9 Å². The number of thioether (sulfide) groups is 1. The largest absolute Gasteiger partial charge is 0.385 e. The number of rotatable bonds is 5. The fourth-order valence-electron chi connectivity index (χ4n) is 2.00. The van der Waals surface area contributed by atoms with E-state index < -0.39 is 0 Å². The number of fused-ring (bicyclic) bond motifs is 1. The fraction of sp³-hybridized carbons (Fsp3) is 0.200. The van der Waals surface area contributed by atoms with Crippen molar-refractivity contribution < 1.29 is 0 Å². The van der Waals surface area contributed by atoms with Crippen molar-refractivity contribution in [1.82, 2.24) is 15.0 Å². The Morgan fingerprint density at radius 3 is 3.05 bits per heavy atom. The lowest BCUT2D eigenvalue weighted by molar-refractivity contribution is 1.08. The molecule has 0 fully saturated rings. The van der Waals surface area contributed by atoms with E-state index >= 15 is 0 Å². The molecule has 1 aromatic carbocycles. The van der Waals surface area contributed by atoms with Gasteiger partial charge < -0.3 is 10.3 Å². The van der Waals surface area contributed by atoms with E-state index in [1.54, 1.807) is 18.0 Å². The molecule has 0 saturated heterocycles. The van der Waals surface area contributed by atoms with Crippen LogP contribution in [0, 0.1) is 0 Å².